The molecule has 0 radical (unpaired) electrons. The molecule has 2 saturated heterocycles. The van der Waals surface area contributed by atoms with Crippen LogP contribution in [0.5, 0.6) is 0 Å². The first-order valence-corrected chi connectivity index (χ1v) is 9.50. The highest BCUT2D eigenvalue weighted by atomic mass is 16.6. The predicted octanol–water partition coefficient (Wildman–Crippen LogP) is 0.0301. The molecular weight excluding hydrogens is 372 g/mol. The number of amides is 2. The number of hydrogen-bond acceptors (Lipinski definition) is 8. The lowest BCUT2D eigenvalue weighted by atomic mass is 9.92. The molecule has 0 spiro atoms. The summed E-state index contributed by atoms with van der Waals surface area (Å²) >= 11 is 0. The molecule has 0 aliphatic carbocycles. The zero-order chi connectivity index (χ0) is 20.8. The Morgan fingerprint density at radius 3 is 2.21 bits per heavy atom. The van der Waals surface area contributed by atoms with Crippen molar-refractivity contribution in [2.75, 3.05) is 6.61 Å². The van der Waals surface area contributed by atoms with Crippen LogP contribution in [0.3, 0.4) is 0 Å². The molecule has 1 N–H and O–H groups in total. The van der Waals surface area contributed by atoms with Gasteiger partial charge < -0.3 is 24.4 Å². The SMILES string of the molecule is CCC(=O)OCC[C@@H]1C[C@H](OC(=O)CC)[C@H](OC(=O)CC)[C@H]2NC(=O)C(=O)N12. The van der Waals surface area contributed by atoms with Crippen molar-refractivity contribution < 1.29 is 38.2 Å². The van der Waals surface area contributed by atoms with Crippen LogP contribution in [0.15, 0.2) is 0 Å². The standard InChI is InChI=1S/C18H26N2O8/c1-4-12(21)26-8-7-10-9-11(27-13(22)5-2)15(28-14(23)6-3)16-19-17(24)18(25)20(10)16/h10-11,15-16H,4-9H2,1-3H3,(H,19,24)/t10-,11+,15+,16+/m1/s1. The summed E-state index contributed by atoms with van der Waals surface area (Å²) in [6, 6.07) is -0.521. The molecule has 0 aromatic heterocycles. The van der Waals surface area contributed by atoms with E-state index in [1.807, 2.05) is 0 Å². The molecule has 0 unspecified atom stereocenters. The summed E-state index contributed by atoms with van der Waals surface area (Å²) in [4.78, 5) is 60.7. The monoisotopic (exact) mass is 398 g/mol. The number of nitrogens with one attached hydrogen (secondary N) is 1. The molecule has 28 heavy (non-hydrogen) atoms. The zero-order valence-electron chi connectivity index (χ0n) is 16.3. The topological polar surface area (TPSA) is 128 Å². The van der Waals surface area contributed by atoms with Crippen molar-refractivity contribution in [1.82, 2.24) is 10.2 Å². The van der Waals surface area contributed by atoms with E-state index in [9.17, 15) is 24.0 Å². The first-order chi connectivity index (χ1) is 13.3. The smallest absolute Gasteiger partial charge is 0.313 e. The summed E-state index contributed by atoms with van der Waals surface area (Å²) in [5.74, 6) is -2.97. The van der Waals surface area contributed by atoms with Crippen molar-refractivity contribution in [3.63, 3.8) is 0 Å². The van der Waals surface area contributed by atoms with Gasteiger partial charge in [-0.15, -0.1) is 0 Å². The maximum Gasteiger partial charge on any atom is 0.313 e. The summed E-state index contributed by atoms with van der Waals surface area (Å²) in [5, 5.41) is 2.51. The third kappa shape index (κ3) is 4.79. The van der Waals surface area contributed by atoms with Crippen LogP contribution in [0.25, 0.3) is 0 Å². The first-order valence-electron chi connectivity index (χ1n) is 9.50. The van der Waals surface area contributed by atoms with Crippen molar-refractivity contribution in [1.29, 1.82) is 0 Å². The third-order valence-corrected chi connectivity index (χ3v) is 4.71. The Morgan fingerprint density at radius 2 is 1.61 bits per heavy atom. The highest BCUT2D eigenvalue weighted by Gasteiger charge is 2.54. The molecule has 0 aromatic rings. The fourth-order valence-electron chi connectivity index (χ4n) is 3.27. The lowest BCUT2D eigenvalue weighted by Gasteiger charge is -2.44. The van der Waals surface area contributed by atoms with Crippen molar-refractivity contribution in [2.45, 2.75) is 77.3 Å². The Kier molecular flexibility index (Phi) is 7.36. The van der Waals surface area contributed by atoms with Gasteiger partial charge in [0.2, 0.25) is 0 Å². The Morgan fingerprint density at radius 1 is 1.00 bits per heavy atom. The van der Waals surface area contributed by atoms with E-state index >= 15 is 0 Å². The molecular formula is C18H26N2O8. The number of carbonyl (C=O) groups excluding carboxylic acids is 5. The van der Waals surface area contributed by atoms with Crippen molar-refractivity contribution in [3.05, 3.63) is 0 Å². The number of ether oxygens (including phenoxy) is 3. The Hall–Kier alpha value is -2.65. The van der Waals surface area contributed by atoms with E-state index in [0.29, 0.717) is 0 Å². The summed E-state index contributed by atoms with van der Waals surface area (Å²) in [5.41, 5.74) is 0. The second kappa shape index (κ2) is 9.52. The summed E-state index contributed by atoms with van der Waals surface area (Å²) in [6.07, 6.45) is -1.91. The molecule has 2 fully saturated rings. The molecule has 2 aliphatic rings. The minimum absolute atomic E-state index is 0.0515. The van der Waals surface area contributed by atoms with E-state index in [-0.39, 0.29) is 44.7 Å². The highest BCUT2D eigenvalue weighted by molar-refractivity contribution is 6.37. The molecule has 156 valence electrons. The van der Waals surface area contributed by atoms with Crippen LogP contribution in [0.4, 0.5) is 0 Å². The fraction of sp³-hybridized carbons (Fsp3) is 0.722. The molecule has 4 atom stereocenters. The molecule has 2 amide bonds. The van der Waals surface area contributed by atoms with Gasteiger partial charge in [0.1, 0.15) is 12.3 Å². The molecule has 0 aromatic carbocycles. The van der Waals surface area contributed by atoms with Gasteiger partial charge in [-0.3, -0.25) is 24.0 Å². The Bertz CT molecular complexity index is 649. The van der Waals surface area contributed by atoms with Crippen LogP contribution in [-0.2, 0) is 38.2 Å². The van der Waals surface area contributed by atoms with Gasteiger partial charge >= 0.3 is 29.7 Å². The summed E-state index contributed by atoms with van der Waals surface area (Å²) in [6.45, 7) is 4.96. The number of hydrogen-bond donors (Lipinski definition) is 1. The van der Waals surface area contributed by atoms with Crippen LogP contribution in [0.2, 0.25) is 0 Å². The fourth-order valence-corrected chi connectivity index (χ4v) is 3.27. The Labute approximate surface area is 162 Å². The number of nitrogens with zero attached hydrogens (tertiary/aromatic N) is 1. The number of carbonyl (C=O) groups is 5. The summed E-state index contributed by atoms with van der Waals surface area (Å²) in [7, 11) is 0. The van der Waals surface area contributed by atoms with Crippen LogP contribution < -0.4 is 5.32 Å². The molecule has 2 aliphatic heterocycles. The van der Waals surface area contributed by atoms with Gasteiger partial charge in [-0.05, 0) is 0 Å². The molecule has 2 heterocycles. The van der Waals surface area contributed by atoms with Gasteiger partial charge in [-0.2, -0.15) is 0 Å². The van der Waals surface area contributed by atoms with Gasteiger partial charge in [0.05, 0.1) is 6.61 Å². The quantitative estimate of drug-likeness (QED) is 0.344. The minimum atomic E-state index is -1.01. The Balaban J connectivity index is 2.23. The molecule has 10 heteroatoms. The van der Waals surface area contributed by atoms with Gasteiger partial charge in [0.25, 0.3) is 0 Å². The average molecular weight is 398 g/mol. The van der Waals surface area contributed by atoms with Crippen LogP contribution >= 0.6 is 0 Å². The number of piperidine rings is 1. The second-order valence-electron chi connectivity index (χ2n) is 6.57. The van der Waals surface area contributed by atoms with Crippen LogP contribution in [-0.4, -0.2) is 65.6 Å². The van der Waals surface area contributed by atoms with Gasteiger partial charge in [-0.25, -0.2) is 0 Å². The largest absolute Gasteiger partial charge is 0.466 e. The van der Waals surface area contributed by atoms with Gasteiger partial charge in [0, 0.05) is 38.1 Å². The maximum atomic E-state index is 12.3. The van der Waals surface area contributed by atoms with E-state index in [1.165, 1.54) is 4.90 Å². The van der Waals surface area contributed by atoms with E-state index in [0.717, 1.165) is 0 Å². The lowest BCUT2D eigenvalue weighted by molar-refractivity contribution is -0.186. The maximum absolute atomic E-state index is 12.3. The molecule has 0 bridgehead atoms. The number of fused-ring (bicyclic) bond motifs is 1. The number of rotatable bonds is 8. The molecule has 0 saturated carbocycles. The van der Waals surface area contributed by atoms with E-state index in [1.54, 1.807) is 20.8 Å². The van der Waals surface area contributed by atoms with Crippen LogP contribution in [0.1, 0.15) is 52.9 Å². The van der Waals surface area contributed by atoms with Crippen molar-refractivity contribution in [3.8, 4) is 0 Å². The highest BCUT2D eigenvalue weighted by Crippen LogP contribution is 2.32. The van der Waals surface area contributed by atoms with Gasteiger partial charge in [0.15, 0.2) is 6.10 Å². The summed E-state index contributed by atoms with van der Waals surface area (Å²) < 4.78 is 15.9. The van der Waals surface area contributed by atoms with E-state index in [2.05, 4.69) is 5.32 Å². The number of esters is 3. The van der Waals surface area contributed by atoms with Crippen molar-refractivity contribution >= 4 is 29.7 Å². The zero-order valence-corrected chi connectivity index (χ0v) is 16.3. The second-order valence-corrected chi connectivity index (χ2v) is 6.57. The van der Waals surface area contributed by atoms with Crippen LogP contribution in [0, 0.1) is 0 Å². The van der Waals surface area contributed by atoms with Crippen molar-refractivity contribution in [2.24, 2.45) is 0 Å². The predicted molar refractivity (Wildman–Crippen MR) is 93.4 cm³/mol. The van der Waals surface area contributed by atoms with E-state index < -0.39 is 48.2 Å². The molecule has 2 rings (SSSR count). The van der Waals surface area contributed by atoms with E-state index in [4.69, 9.17) is 14.2 Å². The normalized spacial score (nSPS) is 26.3. The average Bonchev–Trinajstić information content (AvgIpc) is 2.98. The first kappa shape index (κ1) is 21.6. The minimum Gasteiger partial charge on any atom is -0.466 e. The lowest BCUT2D eigenvalue weighted by Crippen LogP contribution is -2.62. The van der Waals surface area contributed by atoms with Gasteiger partial charge in [-0.1, -0.05) is 20.8 Å². The molecule has 10 nitrogen and oxygen atoms in total. The third-order valence-electron chi connectivity index (χ3n) is 4.71.